The van der Waals surface area contributed by atoms with E-state index < -0.39 is 6.10 Å². The highest BCUT2D eigenvalue weighted by Gasteiger charge is 2.19. The Morgan fingerprint density at radius 2 is 1.62 bits per heavy atom. The Bertz CT molecular complexity index is 572. The summed E-state index contributed by atoms with van der Waals surface area (Å²) in [4.78, 5) is 2.39. The highest BCUT2D eigenvalue weighted by molar-refractivity contribution is 7.12. The molecule has 1 N–H and O–H groups in total. The quantitative estimate of drug-likeness (QED) is 0.796. The molecule has 0 fully saturated rings. The highest BCUT2D eigenvalue weighted by atomic mass is 32.1. The van der Waals surface area contributed by atoms with Gasteiger partial charge >= 0.3 is 0 Å². The Labute approximate surface area is 132 Å². The summed E-state index contributed by atoms with van der Waals surface area (Å²) in [5, 5.41) is 10.4. The first-order valence-electron chi connectivity index (χ1n) is 7.64. The van der Waals surface area contributed by atoms with Crippen molar-refractivity contribution in [2.75, 3.05) is 0 Å². The van der Waals surface area contributed by atoms with Crippen LogP contribution in [0.1, 0.15) is 67.5 Å². The third-order valence-electron chi connectivity index (χ3n) is 3.77. The van der Waals surface area contributed by atoms with Crippen LogP contribution in [-0.4, -0.2) is 5.11 Å². The van der Waals surface area contributed by atoms with E-state index in [1.807, 2.05) is 0 Å². The zero-order valence-corrected chi connectivity index (χ0v) is 14.5. The number of thiophene rings is 1. The van der Waals surface area contributed by atoms with Gasteiger partial charge in [-0.3, -0.25) is 0 Å². The molecule has 0 bridgehead atoms. The number of hydrogen-bond donors (Lipinski definition) is 1. The van der Waals surface area contributed by atoms with E-state index in [0.717, 1.165) is 4.88 Å². The number of aliphatic hydroxyl groups excluding tert-OH is 1. The van der Waals surface area contributed by atoms with Crippen molar-refractivity contribution in [1.82, 2.24) is 0 Å². The van der Waals surface area contributed by atoms with Crippen molar-refractivity contribution in [2.45, 2.75) is 58.5 Å². The molecule has 21 heavy (non-hydrogen) atoms. The first-order chi connectivity index (χ1) is 9.77. The van der Waals surface area contributed by atoms with Crippen molar-refractivity contribution in [2.24, 2.45) is 0 Å². The fourth-order valence-corrected chi connectivity index (χ4v) is 3.35. The summed E-state index contributed by atoms with van der Waals surface area (Å²) in [5.74, 6) is 0.551. The molecule has 2 aromatic rings. The van der Waals surface area contributed by atoms with Crippen LogP contribution in [0.2, 0.25) is 0 Å². The van der Waals surface area contributed by atoms with E-state index in [9.17, 15) is 5.11 Å². The number of aliphatic hydroxyl groups is 1. The summed E-state index contributed by atoms with van der Waals surface area (Å²) in [7, 11) is 0. The average Bonchev–Trinajstić information content (AvgIpc) is 2.88. The van der Waals surface area contributed by atoms with Crippen molar-refractivity contribution in [1.29, 1.82) is 0 Å². The molecule has 0 amide bonds. The van der Waals surface area contributed by atoms with E-state index in [2.05, 4.69) is 71.0 Å². The molecule has 0 saturated heterocycles. The number of benzene rings is 1. The normalized spacial score (nSPS) is 13.7. The predicted octanol–water partition coefficient (Wildman–Crippen LogP) is 5.45. The fraction of sp³-hybridized carbons (Fsp3) is 0.474. The molecule has 1 nitrogen and oxygen atoms in total. The lowest BCUT2D eigenvalue weighted by Crippen LogP contribution is -2.07. The number of rotatable bonds is 4. The SMILES string of the molecule is CC(C)c1ccc(CC(O)c2ccc(C(C)(C)C)s2)cc1. The Morgan fingerprint density at radius 3 is 2.10 bits per heavy atom. The van der Waals surface area contributed by atoms with Crippen LogP contribution in [0.15, 0.2) is 36.4 Å². The van der Waals surface area contributed by atoms with Gasteiger partial charge in [0.05, 0.1) is 6.10 Å². The van der Waals surface area contributed by atoms with Crippen molar-refractivity contribution >= 4 is 11.3 Å². The van der Waals surface area contributed by atoms with E-state index in [4.69, 9.17) is 0 Å². The van der Waals surface area contributed by atoms with Gasteiger partial charge in [-0.25, -0.2) is 0 Å². The Kier molecular flexibility index (Phi) is 4.90. The van der Waals surface area contributed by atoms with Gasteiger partial charge in [0.2, 0.25) is 0 Å². The van der Waals surface area contributed by atoms with Gasteiger partial charge in [-0.1, -0.05) is 58.9 Å². The molecule has 0 saturated carbocycles. The van der Waals surface area contributed by atoms with Gasteiger partial charge in [-0.15, -0.1) is 11.3 Å². The minimum Gasteiger partial charge on any atom is -0.387 e. The molecule has 1 heterocycles. The minimum atomic E-state index is -0.406. The second-order valence-electron chi connectivity index (χ2n) is 7.07. The molecule has 0 aliphatic carbocycles. The van der Waals surface area contributed by atoms with Gasteiger partial charge < -0.3 is 5.11 Å². The van der Waals surface area contributed by atoms with Crippen LogP contribution in [-0.2, 0) is 11.8 Å². The van der Waals surface area contributed by atoms with E-state index in [1.165, 1.54) is 16.0 Å². The summed E-state index contributed by atoms with van der Waals surface area (Å²) in [6, 6.07) is 12.8. The van der Waals surface area contributed by atoms with Crippen molar-refractivity contribution < 1.29 is 5.11 Å². The van der Waals surface area contributed by atoms with Crippen LogP contribution in [0.3, 0.4) is 0 Å². The maximum absolute atomic E-state index is 10.4. The molecule has 1 unspecified atom stereocenters. The molecule has 114 valence electrons. The minimum absolute atomic E-state index is 0.154. The largest absolute Gasteiger partial charge is 0.387 e. The molecule has 0 aliphatic rings. The van der Waals surface area contributed by atoms with Crippen molar-refractivity contribution in [3.05, 3.63) is 57.3 Å². The Hall–Kier alpha value is -1.12. The molecule has 0 spiro atoms. The molecule has 1 atom stereocenters. The maximum atomic E-state index is 10.4. The lowest BCUT2D eigenvalue weighted by molar-refractivity contribution is 0.182. The summed E-state index contributed by atoms with van der Waals surface area (Å²) < 4.78 is 0. The van der Waals surface area contributed by atoms with E-state index in [-0.39, 0.29) is 5.41 Å². The standard InChI is InChI=1S/C19H26OS/c1-13(2)15-8-6-14(7-9-15)12-16(20)17-10-11-18(21-17)19(3,4)5/h6-11,13,16,20H,12H2,1-5H3. The van der Waals surface area contributed by atoms with Gasteiger partial charge in [0.1, 0.15) is 0 Å². The predicted molar refractivity (Wildman–Crippen MR) is 92.2 cm³/mol. The van der Waals surface area contributed by atoms with Gasteiger partial charge in [-0.2, -0.15) is 0 Å². The first-order valence-corrected chi connectivity index (χ1v) is 8.46. The third kappa shape index (κ3) is 4.18. The van der Waals surface area contributed by atoms with E-state index >= 15 is 0 Å². The Morgan fingerprint density at radius 1 is 1.00 bits per heavy atom. The summed E-state index contributed by atoms with van der Waals surface area (Å²) in [5.41, 5.74) is 2.69. The van der Waals surface area contributed by atoms with Crippen LogP contribution < -0.4 is 0 Å². The molecule has 1 aromatic heterocycles. The number of hydrogen-bond acceptors (Lipinski definition) is 2. The van der Waals surface area contributed by atoms with Crippen molar-refractivity contribution in [3.8, 4) is 0 Å². The highest BCUT2D eigenvalue weighted by Crippen LogP contribution is 2.33. The lowest BCUT2D eigenvalue weighted by atomic mass is 9.95. The molecule has 0 radical (unpaired) electrons. The monoisotopic (exact) mass is 302 g/mol. The summed E-state index contributed by atoms with van der Waals surface area (Å²) >= 11 is 1.73. The maximum Gasteiger partial charge on any atom is 0.0922 e. The van der Waals surface area contributed by atoms with E-state index in [1.54, 1.807) is 11.3 Å². The van der Waals surface area contributed by atoms with Gasteiger partial charge in [0, 0.05) is 16.2 Å². The van der Waals surface area contributed by atoms with Crippen molar-refractivity contribution in [3.63, 3.8) is 0 Å². The van der Waals surface area contributed by atoms with Gasteiger partial charge in [0.15, 0.2) is 0 Å². The molecule has 2 rings (SSSR count). The van der Waals surface area contributed by atoms with Crippen LogP contribution in [0.5, 0.6) is 0 Å². The fourth-order valence-electron chi connectivity index (χ4n) is 2.30. The summed E-state index contributed by atoms with van der Waals surface area (Å²) in [6.07, 6.45) is 0.277. The van der Waals surface area contributed by atoms with Gasteiger partial charge in [0.25, 0.3) is 0 Å². The lowest BCUT2D eigenvalue weighted by Gasteiger charge is -2.16. The van der Waals surface area contributed by atoms with Crippen LogP contribution in [0, 0.1) is 0 Å². The zero-order chi connectivity index (χ0) is 15.6. The first kappa shape index (κ1) is 16.3. The van der Waals surface area contributed by atoms with Crippen LogP contribution in [0.4, 0.5) is 0 Å². The second-order valence-corrected chi connectivity index (χ2v) is 8.18. The summed E-state index contributed by atoms with van der Waals surface area (Å²) in [6.45, 7) is 11.0. The molecule has 1 aromatic carbocycles. The molecular weight excluding hydrogens is 276 g/mol. The van der Waals surface area contributed by atoms with Gasteiger partial charge in [-0.05, 0) is 34.6 Å². The average molecular weight is 302 g/mol. The molecule has 2 heteroatoms. The smallest absolute Gasteiger partial charge is 0.0922 e. The molecule has 0 aliphatic heterocycles. The zero-order valence-electron chi connectivity index (χ0n) is 13.7. The molecular formula is C19H26OS. The second kappa shape index (κ2) is 6.33. The third-order valence-corrected chi connectivity index (χ3v) is 5.38. The van der Waals surface area contributed by atoms with E-state index in [0.29, 0.717) is 12.3 Å². The van der Waals surface area contributed by atoms with Crippen LogP contribution in [0.25, 0.3) is 0 Å². The van der Waals surface area contributed by atoms with Crippen LogP contribution >= 0.6 is 11.3 Å². The topological polar surface area (TPSA) is 20.2 Å². The Balaban J connectivity index is 2.07.